The van der Waals surface area contributed by atoms with Crippen LogP contribution in [-0.2, 0) is 6.18 Å². The molecule has 3 rings (SSSR count). The van der Waals surface area contributed by atoms with Crippen LogP contribution >= 0.6 is 0 Å². The van der Waals surface area contributed by atoms with E-state index in [4.69, 9.17) is 0 Å². The van der Waals surface area contributed by atoms with E-state index in [9.17, 15) is 18.0 Å². The van der Waals surface area contributed by atoms with Gasteiger partial charge in [-0.15, -0.1) is 0 Å². The van der Waals surface area contributed by atoms with Gasteiger partial charge in [-0.3, -0.25) is 4.79 Å². The first kappa shape index (κ1) is 19.1. The Hall–Kier alpha value is -2.64. The Morgan fingerprint density at radius 3 is 2.78 bits per heavy atom. The number of para-hydroxylation sites is 1. The number of halogens is 3. The SMILES string of the molecule is CCC1CCCCN1C(=O)c1cc(Nc2ccccc2C(F)(F)F)ncn1. The lowest BCUT2D eigenvalue weighted by Gasteiger charge is -2.35. The number of hydrogen-bond acceptors (Lipinski definition) is 4. The molecule has 8 heteroatoms. The van der Waals surface area contributed by atoms with Crippen molar-refractivity contribution in [1.29, 1.82) is 0 Å². The Balaban J connectivity index is 1.83. The maximum absolute atomic E-state index is 13.1. The zero-order valence-corrected chi connectivity index (χ0v) is 15.0. The standard InChI is InChI=1S/C19H21F3N4O/c1-2-13-7-5-6-10-26(13)18(27)16-11-17(24-12-23-16)25-15-9-4-3-8-14(15)19(20,21)22/h3-4,8-9,11-13H,2,5-7,10H2,1H3,(H,23,24,25). The van der Waals surface area contributed by atoms with Crippen molar-refractivity contribution in [2.45, 2.75) is 44.8 Å². The van der Waals surface area contributed by atoms with Crippen molar-refractivity contribution >= 4 is 17.4 Å². The first-order chi connectivity index (χ1) is 12.9. The summed E-state index contributed by atoms with van der Waals surface area (Å²) >= 11 is 0. The molecule has 1 aromatic carbocycles. The number of anilines is 2. The molecule has 144 valence electrons. The highest BCUT2D eigenvalue weighted by atomic mass is 19.4. The van der Waals surface area contributed by atoms with Gasteiger partial charge in [0.15, 0.2) is 0 Å². The molecule has 1 aliphatic heterocycles. The minimum Gasteiger partial charge on any atom is -0.340 e. The summed E-state index contributed by atoms with van der Waals surface area (Å²) in [5.74, 6) is -0.0637. The largest absolute Gasteiger partial charge is 0.418 e. The predicted octanol–water partition coefficient (Wildman–Crippen LogP) is 4.64. The van der Waals surface area contributed by atoms with Crippen molar-refractivity contribution in [3.8, 4) is 0 Å². The summed E-state index contributed by atoms with van der Waals surface area (Å²) in [6.45, 7) is 2.71. The second-order valence-corrected chi connectivity index (χ2v) is 6.51. The van der Waals surface area contributed by atoms with E-state index in [1.807, 2.05) is 6.92 Å². The van der Waals surface area contributed by atoms with E-state index < -0.39 is 11.7 Å². The molecule has 5 nitrogen and oxygen atoms in total. The Kier molecular flexibility index (Phi) is 5.62. The van der Waals surface area contributed by atoms with Crippen LogP contribution in [0.25, 0.3) is 0 Å². The molecule has 1 amide bonds. The third-order valence-electron chi connectivity index (χ3n) is 4.74. The third kappa shape index (κ3) is 4.37. The van der Waals surface area contributed by atoms with Crippen LogP contribution in [0.5, 0.6) is 0 Å². The van der Waals surface area contributed by atoms with Crippen molar-refractivity contribution in [1.82, 2.24) is 14.9 Å². The Morgan fingerprint density at radius 2 is 2.04 bits per heavy atom. The normalized spacial score (nSPS) is 17.6. The number of amides is 1. The van der Waals surface area contributed by atoms with Gasteiger partial charge in [-0.2, -0.15) is 13.2 Å². The van der Waals surface area contributed by atoms with Crippen molar-refractivity contribution in [3.05, 3.63) is 47.9 Å². The maximum Gasteiger partial charge on any atom is 0.418 e. The van der Waals surface area contributed by atoms with Crippen LogP contribution in [-0.4, -0.2) is 33.4 Å². The number of rotatable bonds is 4. The number of benzene rings is 1. The van der Waals surface area contributed by atoms with E-state index in [0.717, 1.165) is 31.7 Å². The van der Waals surface area contributed by atoms with Gasteiger partial charge in [0.05, 0.1) is 11.3 Å². The summed E-state index contributed by atoms with van der Waals surface area (Å²) in [5.41, 5.74) is -0.734. The van der Waals surface area contributed by atoms with Gasteiger partial charge in [-0.25, -0.2) is 9.97 Å². The van der Waals surface area contributed by atoms with E-state index in [-0.39, 0.29) is 29.1 Å². The zero-order valence-electron chi connectivity index (χ0n) is 15.0. The Morgan fingerprint density at radius 1 is 1.26 bits per heavy atom. The molecular formula is C19H21F3N4O. The van der Waals surface area contributed by atoms with Gasteiger partial charge in [-0.05, 0) is 37.8 Å². The first-order valence-corrected chi connectivity index (χ1v) is 8.96. The molecule has 0 radical (unpaired) electrons. The van der Waals surface area contributed by atoms with Crippen molar-refractivity contribution in [2.24, 2.45) is 0 Å². The van der Waals surface area contributed by atoms with Crippen LogP contribution in [0.4, 0.5) is 24.7 Å². The number of hydrogen-bond donors (Lipinski definition) is 1. The fraction of sp³-hybridized carbons (Fsp3) is 0.421. The Labute approximate surface area is 155 Å². The number of likely N-dealkylation sites (tertiary alicyclic amines) is 1. The van der Waals surface area contributed by atoms with Gasteiger partial charge >= 0.3 is 6.18 Å². The molecule has 0 bridgehead atoms. The van der Waals surface area contributed by atoms with Crippen LogP contribution in [0.2, 0.25) is 0 Å². The number of aromatic nitrogens is 2. The highest BCUT2D eigenvalue weighted by Crippen LogP contribution is 2.35. The van der Waals surface area contributed by atoms with Crippen LogP contribution in [0.15, 0.2) is 36.7 Å². The molecule has 0 aliphatic carbocycles. The van der Waals surface area contributed by atoms with Crippen molar-refractivity contribution in [2.75, 3.05) is 11.9 Å². The van der Waals surface area contributed by atoms with E-state index in [1.54, 1.807) is 4.90 Å². The topological polar surface area (TPSA) is 58.1 Å². The lowest BCUT2D eigenvalue weighted by atomic mass is 9.99. The molecule has 1 aromatic heterocycles. The van der Waals surface area contributed by atoms with Gasteiger partial charge in [0.1, 0.15) is 17.8 Å². The second kappa shape index (κ2) is 7.94. The van der Waals surface area contributed by atoms with E-state index in [1.165, 1.54) is 30.6 Å². The van der Waals surface area contributed by atoms with Gasteiger partial charge in [0.25, 0.3) is 5.91 Å². The molecule has 1 saturated heterocycles. The molecule has 2 heterocycles. The Bertz CT molecular complexity index is 810. The van der Waals surface area contributed by atoms with Crippen LogP contribution in [0, 0.1) is 0 Å². The quantitative estimate of drug-likeness (QED) is 0.842. The highest BCUT2D eigenvalue weighted by Gasteiger charge is 2.33. The summed E-state index contributed by atoms with van der Waals surface area (Å²) < 4.78 is 39.4. The molecule has 27 heavy (non-hydrogen) atoms. The van der Waals surface area contributed by atoms with E-state index in [2.05, 4.69) is 15.3 Å². The zero-order chi connectivity index (χ0) is 19.4. The minimum absolute atomic E-state index is 0.119. The molecule has 1 aliphatic rings. The summed E-state index contributed by atoms with van der Waals surface area (Å²) in [6.07, 6.45) is 0.552. The van der Waals surface area contributed by atoms with Crippen LogP contribution in [0.3, 0.4) is 0 Å². The second-order valence-electron chi connectivity index (χ2n) is 6.51. The van der Waals surface area contributed by atoms with Crippen LogP contribution in [0.1, 0.15) is 48.7 Å². The third-order valence-corrected chi connectivity index (χ3v) is 4.74. The summed E-state index contributed by atoms with van der Waals surface area (Å²) in [6, 6.07) is 6.72. The first-order valence-electron chi connectivity index (χ1n) is 8.96. The smallest absolute Gasteiger partial charge is 0.340 e. The molecule has 0 spiro atoms. The number of nitrogens with one attached hydrogen (secondary N) is 1. The average molecular weight is 378 g/mol. The van der Waals surface area contributed by atoms with Gasteiger partial charge in [-0.1, -0.05) is 19.1 Å². The maximum atomic E-state index is 13.1. The lowest BCUT2D eigenvalue weighted by molar-refractivity contribution is -0.136. The van der Waals surface area contributed by atoms with E-state index >= 15 is 0 Å². The fourth-order valence-electron chi connectivity index (χ4n) is 3.36. The van der Waals surface area contributed by atoms with E-state index in [0.29, 0.717) is 6.54 Å². The van der Waals surface area contributed by atoms with Crippen molar-refractivity contribution in [3.63, 3.8) is 0 Å². The predicted molar refractivity (Wildman–Crippen MR) is 95.7 cm³/mol. The summed E-state index contributed by atoms with van der Waals surface area (Å²) in [5, 5.41) is 2.66. The fourth-order valence-corrected chi connectivity index (χ4v) is 3.36. The number of nitrogens with zero attached hydrogens (tertiary/aromatic N) is 3. The van der Waals surface area contributed by atoms with Gasteiger partial charge in [0.2, 0.25) is 0 Å². The molecular weight excluding hydrogens is 357 g/mol. The average Bonchev–Trinajstić information content (AvgIpc) is 2.67. The number of alkyl halides is 3. The minimum atomic E-state index is -4.49. The van der Waals surface area contributed by atoms with Gasteiger partial charge < -0.3 is 10.2 Å². The van der Waals surface area contributed by atoms with Crippen LogP contribution < -0.4 is 5.32 Å². The number of carbonyl (C=O) groups excluding carboxylic acids is 1. The molecule has 1 fully saturated rings. The molecule has 1 unspecified atom stereocenters. The molecule has 0 saturated carbocycles. The van der Waals surface area contributed by atoms with Gasteiger partial charge in [0, 0.05) is 18.7 Å². The monoisotopic (exact) mass is 378 g/mol. The lowest BCUT2D eigenvalue weighted by Crippen LogP contribution is -2.43. The highest BCUT2D eigenvalue weighted by molar-refractivity contribution is 5.93. The van der Waals surface area contributed by atoms with Crippen molar-refractivity contribution < 1.29 is 18.0 Å². The summed E-state index contributed by atoms with van der Waals surface area (Å²) in [4.78, 5) is 22.6. The molecule has 2 aromatic rings. The number of carbonyl (C=O) groups is 1. The molecule has 1 atom stereocenters. The number of piperidine rings is 1. The summed E-state index contributed by atoms with van der Waals surface area (Å²) in [7, 11) is 0. The molecule has 1 N–H and O–H groups in total.